The van der Waals surface area contributed by atoms with Crippen molar-refractivity contribution in [1.82, 2.24) is 0 Å². The lowest BCUT2D eigenvalue weighted by molar-refractivity contribution is 0.0601. The third kappa shape index (κ3) is 3.76. The number of hydrogen-bond donors (Lipinski definition) is 1. The van der Waals surface area contributed by atoms with Gasteiger partial charge < -0.3 is 4.74 Å². The fraction of sp³-hybridized carbons (Fsp3) is 0.364. The molecule has 15 heavy (non-hydrogen) atoms. The second-order valence-electron chi connectivity index (χ2n) is 2.61. The average Bonchev–Trinajstić information content (AvgIpc) is 2.25. The molecule has 0 aliphatic rings. The molecule has 0 amide bonds. The molecule has 0 saturated carbocycles. The number of hydrogen-bond acceptors (Lipinski definition) is 3. The average molecular weight is 247 g/mol. The van der Waals surface area contributed by atoms with Crippen LogP contribution >= 0.6 is 24.2 Å². The van der Waals surface area contributed by atoms with Gasteiger partial charge in [0.15, 0.2) is 0 Å². The molecule has 0 aromatic heterocycles. The number of carbonyl (C=O) groups excluding carboxylic acids is 1. The third-order valence-electron chi connectivity index (χ3n) is 1.69. The van der Waals surface area contributed by atoms with Crippen LogP contribution in [0.4, 0.5) is 0 Å². The maximum Gasteiger partial charge on any atom is 0.339 e. The number of ether oxygens (including phenoxy) is 1. The van der Waals surface area contributed by atoms with Gasteiger partial charge in [-0.05, 0) is 24.6 Å². The number of benzene rings is 1. The van der Waals surface area contributed by atoms with E-state index in [1.165, 1.54) is 7.11 Å². The Kier molecular flexibility index (Phi) is 6.45. The Morgan fingerprint density at radius 3 is 2.40 bits per heavy atom. The molecule has 0 heterocycles. The summed E-state index contributed by atoms with van der Waals surface area (Å²) >= 11 is 10.0. The van der Waals surface area contributed by atoms with Crippen LogP contribution in [0, 0.1) is 6.92 Å². The number of aryl methyl sites for hydroxylation is 1. The molecule has 0 aliphatic carbocycles. The van der Waals surface area contributed by atoms with Gasteiger partial charge in [0.2, 0.25) is 0 Å². The minimum Gasteiger partial charge on any atom is -0.465 e. The van der Waals surface area contributed by atoms with Gasteiger partial charge in [0, 0.05) is 4.90 Å². The van der Waals surface area contributed by atoms with E-state index in [0.717, 1.165) is 10.5 Å². The van der Waals surface area contributed by atoms with Crippen LogP contribution in [0.25, 0.3) is 0 Å². The van der Waals surface area contributed by atoms with Gasteiger partial charge in [0.05, 0.1) is 17.7 Å². The van der Waals surface area contributed by atoms with Crippen molar-refractivity contribution in [3.8, 4) is 0 Å². The smallest absolute Gasteiger partial charge is 0.339 e. The van der Waals surface area contributed by atoms with Gasteiger partial charge in [-0.1, -0.05) is 25.4 Å². The first-order valence-electron chi connectivity index (χ1n) is 4.63. The molecular weight excluding hydrogens is 232 g/mol. The molecule has 84 valence electrons. The minimum absolute atomic E-state index is 0.363. The monoisotopic (exact) mass is 246 g/mol. The summed E-state index contributed by atoms with van der Waals surface area (Å²) in [6.07, 6.45) is 0. The molecule has 2 nitrogen and oxygen atoms in total. The summed E-state index contributed by atoms with van der Waals surface area (Å²) in [5.41, 5.74) is 1.27. The first-order valence-corrected chi connectivity index (χ1v) is 5.46. The fourth-order valence-corrected chi connectivity index (χ4v) is 1.45. The highest BCUT2D eigenvalue weighted by Crippen LogP contribution is 2.24. The number of halogens is 1. The van der Waals surface area contributed by atoms with E-state index in [1.807, 2.05) is 20.8 Å². The minimum atomic E-state index is -0.429. The number of thiol groups is 1. The van der Waals surface area contributed by atoms with Crippen LogP contribution in [0.5, 0.6) is 0 Å². The fourth-order valence-electron chi connectivity index (χ4n) is 0.937. The van der Waals surface area contributed by atoms with E-state index in [2.05, 4.69) is 17.4 Å². The van der Waals surface area contributed by atoms with Gasteiger partial charge in [-0.15, -0.1) is 12.6 Å². The van der Waals surface area contributed by atoms with E-state index < -0.39 is 5.97 Å². The summed E-state index contributed by atoms with van der Waals surface area (Å²) in [6.45, 7) is 5.85. The standard InChI is InChI=1S/C9H9ClO2S.C2H6/c1-5-3-6(9(11)12-2)7(10)4-8(5)13;1-2/h3-4,13H,1-2H3;1-2H3. The Balaban J connectivity index is 0.000000921. The summed E-state index contributed by atoms with van der Waals surface area (Å²) in [4.78, 5) is 11.9. The summed E-state index contributed by atoms with van der Waals surface area (Å²) in [5.74, 6) is -0.429. The summed E-state index contributed by atoms with van der Waals surface area (Å²) in [7, 11) is 1.32. The molecule has 0 spiro atoms. The van der Waals surface area contributed by atoms with Crippen LogP contribution in [0.1, 0.15) is 29.8 Å². The zero-order chi connectivity index (χ0) is 12.0. The van der Waals surface area contributed by atoms with Crippen molar-refractivity contribution in [3.63, 3.8) is 0 Å². The number of esters is 1. The quantitative estimate of drug-likeness (QED) is 0.603. The maximum absolute atomic E-state index is 11.2. The molecule has 0 bridgehead atoms. The first-order chi connectivity index (χ1) is 7.06. The lowest BCUT2D eigenvalue weighted by atomic mass is 10.1. The maximum atomic E-state index is 11.2. The van der Waals surface area contributed by atoms with E-state index in [4.69, 9.17) is 11.6 Å². The van der Waals surface area contributed by atoms with Gasteiger partial charge in [-0.25, -0.2) is 4.79 Å². The van der Waals surface area contributed by atoms with E-state index in [-0.39, 0.29) is 0 Å². The summed E-state index contributed by atoms with van der Waals surface area (Å²) in [6, 6.07) is 3.29. The Labute approximate surface area is 101 Å². The number of rotatable bonds is 1. The van der Waals surface area contributed by atoms with Crippen LogP contribution < -0.4 is 0 Å². The molecule has 4 heteroatoms. The van der Waals surface area contributed by atoms with Crippen LogP contribution in [-0.2, 0) is 4.74 Å². The Bertz CT molecular complexity index is 351. The first kappa shape index (κ1) is 14.3. The van der Waals surface area contributed by atoms with Crippen LogP contribution in [0.15, 0.2) is 17.0 Å². The zero-order valence-electron chi connectivity index (χ0n) is 9.30. The lowest BCUT2D eigenvalue weighted by Gasteiger charge is -2.05. The number of methoxy groups -OCH3 is 1. The number of carbonyl (C=O) groups is 1. The van der Waals surface area contributed by atoms with Gasteiger partial charge >= 0.3 is 5.97 Å². The van der Waals surface area contributed by atoms with Gasteiger partial charge in [-0.3, -0.25) is 0 Å². The lowest BCUT2D eigenvalue weighted by Crippen LogP contribution is -2.02. The van der Waals surface area contributed by atoms with Gasteiger partial charge in [-0.2, -0.15) is 0 Å². The Morgan fingerprint density at radius 2 is 1.93 bits per heavy atom. The van der Waals surface area contributed by atoms with Crippen LogP contribution in [-0.4, -0.2) is 13.1 Å². The van der Waals surface area contributed by atoms with Crippen molar-refractivity contribution in [3.05, 3.63) is 28.3 Å². The van der Waals surface area contributed by atoms with Crippen LogP contribution in [0.2, 0.25) is 5.02 Å². The van der Waals surface area contributed by atoms with Gasteiger partial charge in [0.1, 0.15) is 0 Å². The largest absolute Gasteiger partial charge is 0.465 e. The van der Waals surface area contributed by atoms with Gasteiger partial charge in [0.25, 0.3) is 0 Å². The Hall–Kier alpha value is -0.670. The molecule has 0 unspecified atom stereocenters. The normalized spacial score (nSPS) is 8.93. The van der Waals surface area contributed by atoms with Crippen molar-refractivity contribution >= 4 is 30.2 Å². The molecule has 0 N–H and O–H groups in total. The van der Waals surface area contributed by atoms with E-state index in [0.29, 0.717) is 10.6 Å². The second kappa shape index (κ2) is 6.75. The molecule has 0 atom stereocenters. The van der Waals surface area contributed by atoms with Crippen molar-refractivity contribution in [2.75, 3.05) is 7.11 Å². The second-order valence-corrected chi connectivity index (χ2v) is 3.50. The molecule has 1 rings (SSSR count). The third-order valence-corrected chi connectivity index (χ3v) is 2.49. The molecular formula is C11H15ClO2S. The van der Waals surface area contributed by atoms with E-state index >= 15 is 0 Å². The Morgan fingerprint density at radius 1 is 1.40 bits per heavy atom. The predicted octanol–water partition coefficient (Wildman–Crippen LogP) is 3.75. The summed E-state index contributed by atoms with van der Waals surface area (Å²) < 4.78 is 4.56. The molecule has 1 aromatic rings. The molecule has 0 saturated heterocycles. The molecule has 0 radical (unpaired) electrons. The van der Waals surface area contributed by atoms with Crippen molar-refractivity contribution in [2.45, 2.75) is 25.7 Å². The van der Waals surface area contributed by atoms with Crippen molar-refractivity contribution in [2.24, 2.45) is 0 Å². The molecule has 0 fully saturated rings. The summed E-state index contributed by atoms with van der Waals surface area (Å²) in [5, 5.41) is 0.363. The van der Waals surface area contributed by atoms with E-state index in [9.17, 15) is 4.79 Å². The molecule has 0 aliphatic heterocycles. The van der Waals surface area contributed by atoms with Crippen LogP contribution in [0.3, 0.4) is 0 Å². The highest BCUT2D eigenvalue weighted by atomic mass is 35.5. The zero-order valence-corrected chi connectivity index (χ0v) is 10.9. The van der Waals surface area contributed by atoms with E-state index in [1.54, 1.807) is 12.1 Å². The highest BCUT2D eigenvalue weighted by molar-refractivity contribution is 7.80. The predicted molar refractivity (Wildman–Crippen MR) is 66.1 cm³/mol. The van der Waals surface area contributed by atoms with Crippen molar-refractivity contribution in [1.29, 1.82) is 0 Å². The topological polar surface area (TPSA) is 26.3 Å². The molecule has 1 aromatic carbocycles. The van der Waals surface area contributed by atoms with Crippen molar-refractivity contribution < 1.29 is 9.53 Å². The highest BCUT2D eigenvalue weighted by Gasteiger charge is 2.11. The SMILES string of the molecule is CC.COC(=O)c1cc(C)c(S)cc1Cl.